The molecule has 0 saturated heterocycles. The Bertz CT molecular complexity index is 1730. The second-order valence-electron chi connectivity index (χ2n) is 11.8. The van der Waals surface area contributed by atoms with Gasteiger partial charge in [0.25, 0.3) is 10.0 Å². The highest BCUT2D eigenvalue weighted by atomic mass is 35.5. The van der Waals surface area contributed by atoms with Crippen LogP contribution >= 0.6 is 23.2 Å². The van der Waals surface area contributed by atoms with E-state index >= 15 is 0 Å². The molecule has 0 unspecified atom stereocenters. The normalized spacial score (nSPS) is 12.3. The quantitative estimate of drug-likeness (QED) is 0.186. The van der Waals surface area contributed by atoms with Gasteiger partial charge >= 0.3 is 0 Å². The lowest BCUT2D eigenvalue weighted by Crippen LogP contribution is -2.56. The minimum atomic E-state index is -4.30. The number of hydrogen-bond donors (Lipinski definition) is 1. The number of nitrogens with one attached hydrogen (secondary N) is 1. The Morgan fingerprint density at radius 1 is 0.800 bits per heavy atom. The van der Waals surface area contributed by atoms with E-state index in [-0.39, 0.29) is 39.5 Å². The molecule has 45 heavy (non-hydrogen) atoms. The number of nitrogens with zero attached hydrogens (tertiary/aromatic N) is 2. The summed E-state index contributed by atoms with van der Waals surface area (Å²) in [7, 11) is -4.30. The third-order valence-corrected chi connectivity index (χ3v) is 9.64. The van der Waals surface area contributed by atoms with Crippen LogP contribution in [0, 0.1) is 6.92 Å². The first kappa shape index (κ1) is 34.0. The summed E-state index contributed by atoms with van der Waals surface area (Å²) in [4.78, 5) is 29.9. The van der Waals surface area contributed by atoms with Crippen molar-refractivity contribution < 1.29 is 18.0 Å². The lowest BCUT2D eigenvalue weighted by molar-refractivity contribution is -0.140. The summed E-state index contributed by atoms with van der Waals surface area (Å²) >= 11 is 12.9. The molecule has 7 nitrogen and oxygen atoms in total. The van der Waals surface area contributed by atoms with Crippen LogP contribution in [0.2, 0.25) is 10.0 Å². The van der Waals surface area contributed by atoms with Crippen LogP contribution in [0.5, 0.6) is 0 Å². The molecule has 4 aromatic rings. The van der Waals surface area contributed by atoms with E-state index in [1.165, 1.54) is 23.1 Å². The molecule has 0 radical (unpaired) electrons. The minimum absolute atomic E-state index is 0.0106. The average molecular weight is 667 g/mol. The zero-order chi connectivity index (χ0) is 32.8. The first-order valence-corrected chi connectivity index (χ1v) is 16.7. The molecular weight excluding hydrogens is 629 g/mol. The van der Waals surface area contributed by atoms with Crippen molar-refractivity contribution in [3.63, 3.8) is 0 Å². The number of halogens is 2. The van der Waals surface area contributed by atoms with E-state index in [1.54, 1.807) is 24.3 Å². The molecule has 10 heteroatoms. The van der Waals surface area contributed by atoms with E-state index in [2.05, 4.69) is 5.32 Å². The SMILES string of the molecule is Cc1ccc(S(=O)(=O)N(CC(=O)N(Cc2ccccc2)[C@@H](Cc2ccccc2)C(=O)NC(C)(C)C)c2cccc(Cl)c2Cl)cc1. The van der Waals surface area contributed by atoms with Crippen LogP contribution in [-0.4, -0.2) is 43.3 Å². The topological polar surface area (TPSA) is 86.8 Å². The molecule has 0 saturated carbocycles. The van der Waals surface area contributed by atoms with Crippen molar-refractivity contribution in [3.8, 4) is 0 Å². The van der Waals surface area contributed by atoms with Gasteiger partial charge in [0.15, 0.2) is 0 Å². The molecule has 0 aliphatic carbocycles. The molecule has 0 aliphatic rings. The first-order chi connectivity index (χ1) is 21.3. The maximum absolute atomic E-state index is 14.5. The number of carbonyl (C=O) groups excluding carboxylic acids is 2. The van der Waals surface area contributed by atoms with E-state index in [0.29, 0.717) is 0 Å². The van der Waals surface area contributed by atoms with Crippen LogP contribution in [0.4, 0.5) is 5.69 Å². The molecule has 0 aliphatic heterocycles. The molecule has 236 valence electrons. The van der Waals surface area contributed by atoms with E-state index in [0.717, 1.165) is 21.0 Å². The summed E-state index contributed by atoms with van der Waals surface area (Å²) in [5.74, 6) is -0.945. The van der Waals surface area contributed by atoms with Crippen molar-refractivity contribution >= 4 is 50.7 Å². The summed E-state index contributed by atoms with van der Waals surface area (Å²) in [6.07, 6.45) is 0.212. The van der Waals surface area contributed by atoms with Crippen molar-refractivity contribution in [1.82, 2.24) is 10.2 Å². The number of anilines is 1. The molecule has 0 fully saturated rings. The van der Waals surface area contributed by atoms with Crippen molar-refractivity contribution in [3.05, 3.63) is 130 Å². The van der Waals surface area contributed by atoms with Crippen molar-refractivity contribution in [2.75, 3.05) is 10.8 Å². The van der Waals surface area contributed by atoms with Gasteiger partial charge in [0.1, 0.15) is 12.6 Å². The highest BCUT2D eigenvalue weighted by Crippen LogP contribution is 2.35. The maximum Gasteiger partial charge on any atom is 0.264 e. The summed E-state index contributed by atoms with van der Waals surface area (Å²) in [6, 6.07) is 28.7. The van der Waals surface area contributed by atoms with Crippen LogP contribution in [0.15, 0.2) is 108 Å². The van der Waals surface area contributed by atoms with Crippen molar-refractivity contribution in [1.29, 1.82) is 0 Å². The Hall–Kier alpha value is -3.85. The first-order valence-electron chi connectivity index (χ1n) is 14.5. The molecule has 0 spiro atoms. The molecule has 4 rings (SSSR count). The fourth-order valence-electron chi connectivity index (χ4n) is 4.82. The fraction of sp³-hybridized carbons (Fsp3) is 0.257. The van der Waals surface area contributed by atoms with Gasteiger partial charge in [0.2, 0.25) is 11.8 Å². The maximum atomic E-state index is 14.5. The Kier molecular flexibility index (Phi) is 11.0. The molecule has 4 aromatic carbocycles. The van der Waals surface area contributed by atoms with Gasteiger partial charge in [0.05, 0.1) is 20.6 Å². The molecule has 0 aromatic heterocycles. The highest BCUT2D eigenvalue weighted by molar-refractivity contribution is 7.92. The summed E-state index contributed by atoms with van der Waals surface area (Å²) in [6.45, 7) is 6.89. The molecule has 2 amide bonds. The van der Waals surface area contributed by atoms with E-state index in [4.69, 9.17) is 23.2 Å². The third kappa shape index (κ3) is 8.87. The van der Waals surface area contributed by atoms with Crippen LogP contribution in [0.1, 0.15) is 37.5 Å². The summed E-state index contributed by atoms with van der Waals surface area (Å²) in [5, 5.41) is 3.15. The van der Waals surface area contributed by atoms with Crippen molar-refractivity contribution in [2.24, 2.45) is 0 Å². The fourth-order valence-corrected chi connectivity index (χ4v) is 6.70. The number of benzene rings is 4. The van der Waals surface area contributed by atoms with Gasteiger partial charge in [-0.05, 0) is 63.1 Å². The molecule has 1 atom stereocenters. The van der Waals surface area contributed by atoms with Gasteiger partial charge in [-0.25, -0.2) is 8.42 Å². The second-order valence-corrected chi connectivity index (χ2v) is 14.5. The minimum Gasteiger partial charge on any atom is -0.350 e. The Labute approximate surface area is 275 Å². The monoisotopic (exact) mass is 665 g/mol. The van der Waals surface area contributed by atoms with Gasteiger partial charge < -0.3 is 10.2 Å². The number of hydrogen-bond acceptors (Lipinski definition) is 4. The van der Waals surface area contributed by atoms with Crippen LogP contribution in [0.25, 0.3) is 0 Å². The van der Waals surface area contributed by atoms with Gasteiger partial charge in [-0.1, -0.05) is 108 Å². The molecule has 1 N–H and O–H groups in total. The lowest BCUT2D eigenvalue weighted by Gasteiger charge is -2.35. The zero-order valence-corrected chi connectivity index (χ0v) is 28.0. The number of sulfonamides is 1. The number of amides is 2. The van der Waals surface area contributed by atoms with Crippen molar-refractivity contribution in [2.45, 2.75) is 57.1 Å². The van der Waals surface area contributed by atoms with E-state index < -0.39 is 34.1 Å². The average Bonchev–Trinajstić information content (AvgIpc) is 2.99. The van der Waals surface area contributed by atoms with Crippen LogP contribution < -0.4 is 9.62 Å². The van der Waals surface area contributed by atoms with Gasteiger partial charge in [-0.2, -0.15) is 0 Å². The number of aryl methyl sites for hydroxylation is 1. The highest BCUT2D eigenvalue weighted by Gasteiger charge is 2.36. The molecule has 0 heterocycles. The van der Waals surface area contributed by atoms with Gasteiger partial charge in [-0.3, -0.25) is 13.9 Å². The Morgan fingerprint density at radius 3 is 1.96 bits per heavy atom. The lowest BCUT2D eigenvalue weighted by atomic mass is 10.0. The van der Waals surface area contributed by atoms with Crippen LogP contribution in [-0.2, 0) is 32.6 Å². The standard InChI is InChI=1S/C35H37Cl2N3O4S/c1-25-18-20-28(21-19-25)45(43,44)40(30-17-11-16-29(36)33(30)37)24-32(41)39(23-27-14-9-6-10-15-27)31(34(42)38-35(2,3)4)22-26-12-7-5-8-13-26/h5-21,31H,22-24H2,1-4H3,(H,38,42)/t31-/m0/s1. The predicted octanol–water partition coefficient (Wildman–Crippen LogP) is 7.05. The third-order valence-electron chi connectivity index (χ3n) is 7.05. The number of carbonyl (C=O) groups is 2. The van der Waals surface area contributed by atoms with Crippen LogP contribution in [0.3, 0.4) is 0 Å². The summed E-state index contributed by atoms with van der Waals surface area (Å²) in [5.41, 5.74) is 1.97. The molecule has 0 bridgehead atoms. The Balaban J connectivity index is 1.83. The zero-order valence-electron chi connectivity index (χ0n) is 25.7. The van der Waals surface area contributed by atoms with E-state index in [1.807, 2.05) is 88.4 Å². The van der Waals surface area contributed by atoms with Gasteiger partial charge in [0, 0.05) is 18.5 Å². The predicted molar refractivity (Wildman–Crippen MR) is 181 cm³/mol. The number of rotatable bonds is 11. The second kappa shape index (κ2) is 14.5. The summed E-state index contributed by atoms with van der Waals surface area (Å²) < 4.78 is 29.3. The Morgan fingerprint density at radius 2 is 1.38 bits per heavy atom. The largest absolute Gasteiger partial charge is 0.350 e. The molecular formula is C35H37Cl2N3O4S. The smallest absolute Gasteiger partial charge is 0.264 e. The van der Waals surface area contributed by atoms with Gasteiger partial charge in [-0.15, -0.1) is 0 Å². The van der Waals surface area contributed by atoms with E-state index in [9.17, 15) is 18.0 Å².